The summed E-state index contributed by atoms with van der Waals surface area (Å²) < 4.78 is 0. The van der Waals surface area contributed by atoms with E-state index >= 15 is 0 Å². The number of fused-ring (bicyclic) bond motifs is 1. The summed E-state index contributed by atoms with van der Waals surface area (Å²) in [4.78, 5) is 9.18. The predicted molar refractivity (Wildman–Crippen MR) is 104 cm³/mol. The van der Waals surface area contributed by atoms with Gasteiger partial charge in [-0.15, -0.1) is 11.3 Å². The third-order valence-electron chi connectivity index (χ3n) is 6.14. The number of nitrogens with one attached hydrogen (secondary N) is 2. The fourth-order valence-electron chi connectivity index (χ4n) is 4.62. The third-order valence-corrected chi connectivity index (χ3v) is 7.95. The van der Waals surface area contributed by atoms with Gasteiger partial charge in [0.2, 0.25) is 0 Å². The van der Waals surface area contributed by atoms with Crippen LogP contribution in [0, 0.1) is 5.41 Å². The fourth-order valence-corrected chi connectivity index (χ4v) is 6.39. The molecule has 6 heteroatoms. The molecule has 2 aliphatic heterocycles. The Hall–Kier alpha value is -0.790. The van der Waals surface area contributed by atoms with E-state index in [-0.39, 0.29) is 0 Å². The Morgan fingerprint density at radius 2 is 2.12 bits per heavy atom. The molecule has 1 aliphatic carbocycles. The van der Waals surface area contributed by atoms with Crippen molar-refractivity contribution in [1.29, 1.82) is 0 Å². The summed E-state index contributed by atoms with van der Waals surface area (Å²) >= 11 is 3.74. The highest BCUT2D eigenvalue weighted by molar-refractivity contribution is 7.11. The van der Waals surface area contributed by atoms with E-state index in [0.29, 0.717) is 5.41 Å². The number of thiazole rings is 1. The zero-order chi connectivity index (χ0) is 16.7. The second-order valence-corrected chi connectivity index (χ2v) is 9.72. The van der Waals surface area contributed by atoms with Gasteiger partial charge in [0.1, 0.15) is 5.01 Å². The van der Waals surface area contributed by atoms with Crippen molar-refractivity contribution in [3.8, 4) is 0 Å². The zero-order valence-electron chi connectivity index (χ0n) is 14.6. The molecule has 2 aromatic rings. The standard InChI is InChI=1S/C19H26N4S2/c1-5-21-10-16-15(1)22-18(25-16)12-23(11-14-2-8-24-13-14)17-9-19(17)3-6-20-7-4-19/h2,8,13,17,20-21H,1,3-7,9-12H2. The quantitative estimate of drug-likeness (QED) is 0.844. The SMILES string of the molecule is c1cc(CN(Cc2nc3c(s2)CNCC3)C2CC23CCNCC3)cs1. The summed E-state index contributed by atoms with van der Waals surface area (Å²) in [5.74, 6) is 0. The first-order valence-electron chi connectivity index (χ1n) is 9.46. The van der Waals surface area contributed by atoms with Crippen molar-refractivity contribution in [2.75, 3.05) is 19.6 Å². The number of nitrogens with zero attached hydrogens (tertiary/aromatic N) is 2. The van der Waals surface area contributed by atoms with Crippen molar-refractivity contribution < 1.29 is 0 Å². The third kappa shape index (κ3) is 3.30. The van der Waals surface area contributed by atoms with Gasteiger partial charge >= 0.3 is 0 Å². The number of rotatable bonds is 5. The molecule has 1 spiro atoms. The normalized spacial score (nSPS) is 24.6. The summed E-state index contributed by atoms with van der Waals surface area (Å²) in [5.41, 5.74) is 3.39. The van der Waals surface area contributed by atoms with Gasteiger partial charge in [0.15, 0.2) is 0 Å². The first kappa shape index (κ1) is 16.4. The van der Waals surface area contributed by atoms with Crippen LogP contribution in [0.5, 0.6) is 0 Å². The Balaban J connectivity index is 1.35. The largest absolute Gasteiger partial charge is 0.317 e. The van der Waals surface area contributed by atoms with E-state index in [1.807, 2.05) is 22.7 Å². The summed E-state index contributed by atoms with van der Waals surface area (Å²) in [5, 5.41) is 12.8. The molecule has 1 saturated heterocycles. The molecule has 4 nitrogen and oxygen atoms in total. The lowest BCUT2D eigenvalue weighted by Crippen LogP contribution is -2.35. The van der Waals surface area contributed by atoms with Crippen molar-refractivity contribution in [3.05, 3.63) is 38.0 Å². The average Bonchev–Trinajstić information content (AvgIpc) is 3.02. The Morgan fingerprint density at radius 1 is 1.20 bits per heavy atom. The van der Waals surface area contributed by atoms with E-state index in [9.17, 15) is 0 Å². The molecule has 2 aromatic heterocycles. The van der Waals surface area contributed by atoms with Gasteiger partial charge in [-0.3, -0.25) is 4.90 Å². The molecular formula is C19H26N4S2. The van der Waals surface area contributed by atoms with Crippen LogP contribution in [0.2, 0.25) is 0 Å². The number of thiophene rings is 1. The van der Waals surface area contributed by atoms with Crippen molar-refractivity contribution in [1.82, 2.24) is 20.5 Å². The van der Waals surface area contributed by atoms with E-state index in [1.54, 1.807) is 0 Å². The van der Waals surface area contributed by atoms with Crippen molar-refractivity contribution in [3.63, 3.8) is 0 Å². The number of aromatic nitrogens is 1. The second kappa shape index (κ2) is 6.74. The van der Waals surface area contributed by atoms with Crippen LogP contribution in [0.15, 0.2) is 16.8 Å². The first-order valence-corrected chi connectivity index (χ1v) is 11.2. The lowest BCUT2D eigenvalue weighted by Gasteiger charge is -2.29. The highest BCUT2D eigenvalue weighted by Crippen LogP contribution is 2.56. The molecule has 25 heavy (non-hydrogen) atoms. The fraction of sp³-hybridized carbons (Fsp3) is 0.632. The Kier molecular flexibility index (Phi) is 4.42. The van der Waals surface area contributed by atoms with Crippen LogP contribution < -0.4 is 10.6 Å². The maximum atomic E-state index is 4.99. The van der Waals surface area contributed by atoms with Gasteiger partial charge in [0.05, 0.1) is 12.2 Å². The minimum atomic E-state index is 0.583. The maximum Gasteiger partial charge on any atom is 0.107 e. The summed E-state index contributed by atoms with van der Waals surface area (Å²) in [7, 11) is 0. The molecule has 1 saturated carbocycles. The van der Waals surface area contributed by atoms with Crippen molar-refractivity contribution in [2.45, 2.75) is 51.4 Å². The lowest BCUT2D eigenvalue weighted by molar-refractivity contribution is 0.188. The van der Waals surface area contributed by atoms with Crippen LogP contribution in [-0.4, -0.2) is 35.6 Å². The highest BCUT2D eigenvalue weighted by atomic mass is 32.1. The van der Waals surface area contributed by atoms with Crippen LogP contribution in [-0.2, 0) is 26.1 Å². The topological polar surface area (TPSA) is 40.2 Å². The minimum Gasteiger partial charge on any atom is -0.317 e. The van der Waals surface area contributed by atoms with Crippen LogP contribution >= 0.6 is 22.7 Å². The van der Waals surface area contributed by atoms with Gasteiger partial charge in [0.25, 0.3) is 0 Å². The molecule has 1 atom stereocenters. The Morgan fingerprint density at radius 3 is 2.92 bits per heavy atom. The summed E-state index contributed by atoms with van der Waals surface area (Å²) in [6.07, 6.45) is 5.16. The molecule has 4 heterocycles. The van der Waals surface area contributed by atoms with E-state index in [2.05, 4.69) is 32.4 Å². The molecule has 0 aromatic carbocycles. The van der Waals surface area contributed by atoms with Crippen molar-refractivity contribution in [2.24, 2.45) is 5.41 Å². The van der Waals surface area contributed by atoms with Gasteiger partial charge in [-0.1, -0.05) is 0 Å². The molecule has 1 unspecified atom stereocenters. The maximum absolute atomic E-state index is 4.99. The van der Waals surface area contributed by atoms with Gasteiger partial charge in [-0.25, -0.2) is 4.98 Å². The molecule has 5 rings (SSSR count). The molecule has 0 radical (unpaired) electrons. The van der Waals surface area contributed by atoms with E-state index in [4.69, 9.17) is 4.98 Å². The predicted octanol–water partition coefficient (Wildman–Crippen LogP) is 2.99. The Labute approximate surface area is 157 Å². The number of hydrogen-bond acceptors (Lipinski definition) is 6. The van der Waals surface area contributed by atoms with Crippen LogP contribution in [0.4, 0.5) is 0 Å². The smallest absolute Gasteiger partial charge is 0.107 e. The van der Waals surface area contributed by atoms with E-state index in [0.717, 1.165) is 38.6 Å². The van der Waals surface area contributed by atoms with Crippen LogP contribution in [0.3, 0.4) is 0 Å². The van der Waals surface area contributed by atoms with Crippen LogP contribution in [0.25, 0.3) is 0 Å². The van der Waals surface area contributed by atoms with Crippen molar-refractivity contribution >= 4 is 22.7 Å². The molecule has 134 valence electrons. The van der Waals surface area contributed by atoms with Gasteiger partial charge < -0.3 is 10.6 Å². The highest BCUT2D eigenvalue weighted by Gasteiger charge is 2.56. The first-order chi connectivity index (χ1) is 12.3. The number of piperidine rings is 1. The summed E-state index contributed by atoms with van der Waals surface area (Å²) in [6.45, 7) is 6.57. The van der Waals surface area contributed by atoms with E-state index in [1.165, 1.54) is 53.5 Å². The molecular weight excluding hydrogens is 348 g/mol. The zero-order valence-corrected chi connectivity index (χ0v) is 16.2. The van der Waals surface area contributed by atoms with Gasteiger partial charge in [0, 0.05) is 37.0 Å². The lowest BCUT2D eigenvalue weighted by atomic mass is 9.93. The molecule has 3 aliphatic rings. The Bertz CT molecular complexity index is 694. The molecule has 2 N–H and O–H groups in total. The summed E-state index contributed by atoms with van der Waals surface area (Å²) in [6, 6.07) is 3.03. The number of hydrogen-bond donors (Lipinski definition) is 2. The second-order valence-electron chi connectivity index (χ2n) is 7.77. The molecule has 0 amide bonds. The molecule has 0 bridgehead atoms. The van der Waals surface area contributed by atoms with E-state index < -0.39 is 0 Å². The van der Waals surface area contributed by atoms with Gasteiger partial charge in [-0.05, 0) is 60.2 Å². The monoisotopic (exact) mass is 374 g/mol. The molecule has 2 fully saturated rings. The average molecular weight is 375 g/mol. The minimum absolute atomic E-state index is 0.583. The van der Waals surface area contributed by atoms with Crippen LogP contribution in [0.1, 0.15) is 40.4 Å². The van der Waals surface area contributed by atoms with Gasteiger partial charge in [-0.2, -0.15) is 11.3 Å².